The molecule has 0 saturated heterocycles. The van der Waals surface area contributed by atoms with Gasteiger partial charge < -0.3 is 9.73 Å². The number of rotatable bonds is 7. The molecule has 9 nitrogen and oxygen atoms in total. The number of aryl methyl sites for hydroxylation is 1. The van der Waals surface area contributed by atoms with Gasteiger partial charge in [0.1, 0.15) is 17.3 Å². The highest BCUT2D eigenvalue weighted by atomic mass is 32.1. The maximum absolute atomic E-state index is 14.8. The number of Topliss-reactive ketones (excluding diaryl/α,β-unsaturated/α-hetero) is 1. The number of benzene rings is 2. The third-order valence-corrected chi connectivity index (χ3v) is 8.32. The van der Waals surface area contributed by atoms with Crippen LogP contribution in [0, 0.1) is 5.82 Å². The minimum Gasteiger partial charge on any atom is -0.402 e. The van der Waals surface area contributed by atoms with Crippen LogP contribution in [0.15, 0.2) is 70.3 Å². The van der Waals surface area contributed by atoms with Crippen LogP contribution in [0.1, 0.15) is 53.2 Å². The first-order valence-corrected chi connectivity index (χ1v) is 14.2. The Kier molecular flexibility index (Phi) is 6.43. The number of ketones is 1. The van der Waals surface area contributed by atoms with Gasteiger partial charge in [-0.1, -0.05) is 54.5 Å². The Bertz CT molecular complexity index is 1780. The van der Waals surface area contributed by atoms with Gasteiger partial charge in [0, 0.05) is 47.0 Å². The lowest BCUT2D eigenvalue weighted by atomic mass is 9.95. The molecule has 1 aliphatic heterocycles. The predicted molar refractivity (Wildman–Crippen MR) is 152 cm³/mol. The second kappa shape index (κ2) is 10.4. The molecule has 11 heteroatoms. The average Bonchev–Trinajstić information content (AvgIpc) is 3.63. The first kappa shape index (κ1) is 25.3. The number of carbonyl (C=O) groups is 1. The number of hydrogen-bond acceptors (Lipinski definition) is 10. The van der Waals surface area contributed by atoms with E-state index >= 15 is 0 Å². The molecule has 0 spiro atoms. The number of nitrogens with one attached hydrogen (secondary N) is 1. The van der Waals surface area contributed by atoms with E-state index in [-0.39, 0.29) is 24.1 Å². The Morgan fingerprint density at radius 2 is 1.83 bits per heavy atom. The number of fused-ring (bicyclic) bond motifs is 1. The summed E-state index contributed by atoms with van der Waals surface area (Å²) in [5.74, 6) is 0.759. The van der Waals surface area contributed by atoms with E-state index < -0.39 is 12.0 Å². The number of halogens is 1. The summed E-state index contributed by atoms with van der Waals surface area (Å²) in [6, 6.07) is 14.1. The van der Waals surface area contributed by atoms with Gasteiger partial charge in [0.25, 0.3) is 5.89 Å². The molecule has 0 bridgehead atoms. The van der Waals surface area contributed by atoms with Crippen LogP contribution in [-0.2, 0) is 17.6 Å². The third kappa shape index (κ3) is 4.93. The van der Waals surface area contributed by atoms with Gasteiger partial charge in [0.15, 0.2) is 11.9 Å². The Labute approximate surface area is 238 Å². The highest BCUT2D eigenvalue weighted by Gasteiger charge is 2.30. The van der Waals surface area contributed by atoms with Crippen molar-refractivity contribution in [2.24, 2.45) is 4.99 Å². The standard InChI is InChI=1S/C30H24FN7O2S/c1-2-23-34-25(26(41-23)18-14-32-27(33-15-18)17-11-12-17)29-37-38-30(40-29)36-28-22(39)13-20-19(9-6-10-21(20)31)24(35-28)16-7-4-3-5-8-16/h3-10,14-15,17,28H,2,11-13H2,1H3,(H,36,38)/t28-/m1/s1. The number of hydrogen-bond donors (Lipinski definition) is 1. The van der Waals surface area contributed by atoms with E-state index in [9.17, 15) is 9.18 Å². The van der Waals surface area contributed by atoms with Crippen LogP contribution in [0.2, 0.25) is 0 Å². The largest absolute Gasteiger partial charge is 0.402 e. The molecule has 1 aliphatic carbocycles. The minimum absolute atomic E-state index is 0.0123. The number of anilines is 1. The maximum atomic E-state index is 14.8. The molecule has 1 atom stereocenters. The van der Waals surface area contributed by atoms with Crippen LogP contribution in [0.25, 0.3) is 22.0 Å². The molecule has 0 amide bonds. The summed E-state index contributed by atoms with van der Waals surface area (Å²) >= 11 is 1.53. The van der Waals surface area contributed by atoms with Crippen LogP contribution in [0.3, 0.4) is 0 Å². The van der Waals surface area contributed by atoms with Crippen molar-refractivity contribution in [1.82, 2.24) is 25.1 Å². The van der Waals surface area contributed by atoms with Gasteiger partial charge in [0.2, 0.25) is 0 Å². The lowest BCUT2D eigenvalue weighted by Gasteiger charge is -2.11. The molecule has 1 N–H and O–H groups in total. The summed E-state index contributed by atoms with van der Waals surface area (Å²) < 4.78 is 20.8. The molecule has 0 unspecified atom stereocenters. The topological polar surface area (TPSA) is 119 Å². The van der Waals surface area contributed by atoms with E-state index in [2.05, 4.69) is 25.5 Å². The summed E-state index contributed by atoms with van der Waals surface area (Å²) in [5.41, 5.74) is 3.52. The molecule has 41 heavy (non-hydrogen) atoms. The molecule has 2 aromatic carbocycles. The molecule has 4 heterocycles. The van der Waals surface area contributed by atoms with Crippen LogP contribution in [0.4, 0.5) is 10.4 Å². The van der Waals surface area contributed by atoms with E-state index in [0.29, 0.717) is 28.5 Å². The summed E-state index contributed by atoms with van der Waals surface area (Å²) in [5, 5.41) is 12.2. The summed E-state index contributed by atoms with van der Waals surface area (Å²) in [6.45, 7) is 2.03. The molecule has 0 radical (unpaired) electrons. The van der Waals surface area contributed by atoms with Crippen molar-refractivity contribution in [3.05, 3.63) is 94.3 Å². The molecular weight excluding hydrogens is 541 g/mol. The summed E-state index contributed by atoms with van der Waals surface area (Å²) in [4.78, 5) is 32.7. The van der Waals surface area contributed by atoms with Crippen LogP contribution < -0.4 is 5.32 Å². The van der Waals surface area contributed by atoms with Crippen molar-refractivity contribution >= 4 is 28.8 Å². The van der Waals surface area contributed by atoms with Crippen molar-refractivity contribution in [3.8, 4) is 22.0 Å². The van der Waals surface area contributed by atoms with E-state index in [0.717, 1.165) is 46.1 Å². The lowest BCUT2D eigenvalue weighted by molar-refractivity contribution is -0.119. The van der Waals surface area contributed by atoms with E-state index in [1.807, 2.05) is 49.6 Å². The van der Waals surface area contributed by atoms with E-state index in [1.165, 1.54) is 17.4 Å². The van der Waals surface area contributed by atoms with Gasteiger partial charge >= 0.3 is 6.01 Å². The fraction of sp³-hybridized carbons (Fsp3) is 0.233. The Hall–Kier alpha value is -4.64. The molecular formula is C30H24FN7O2S. The summed E-state index contributed by atoms with van der Waals surface area (Å²) in [7, 11) is 0. The van der Waals surface area contributed by atoms with Gasteiger partial charge in [-0.05, 0) is 25.3 Å². The Morgan fingerprint density at radius 1 is 1.02 bits per heavy atom. The van der Waals surface area contributed by atoms with E-state index in [1.54, 1.807) is 12.1 Å². The van der Waals surface area contributed by atoms with Crippen molar-refractivity contribution in [3.63, 3.8) is 0 Å². The van der Waals surface area contributed by atoms with Gasteiger partial charge in [-0.25, -0.2) is 19.3 Å². The van der Waals surface area contributed by atoms with Gasteiger partial charge in [-0.3, -0.25) is 9.79 Å². The van der Waals surface area contributed by atoms with Crippen molar-refractivity contribution in [1.29, 1.82) is 0 Å². The number of nitrogens with zero attached hydrogens (tertiary/aromatic N) is 6. The van der Waals surface area contributed by atoms with Crippen molar-refractivity contribution in [2.45, 2.75) is 44.7 Å². The van der Waals surface area contributed by atoms with Gasteiger partial charge in [-0.15, -0.1) is 16.4 Å². The number of aliphatic imine (C=N–C) groups is 1. The monoisotopic (exact) mass is 565 g/mol. The molecule has 3 aromatic heterocycles. The highest BCUT2D eigenvalue weighted by molar-refractivity contribution is 7.15. The first-order chi connectivity index (χ1) is 20.1. The summed E-state index contributed by atoms with van der Waals surface area (Å²) in [6.07, 6.45) is 5.43. The van der Waals surface area contributed by atoms with E-state index in [4.69, 9.17) is 14.4 Å². The predicted octanol–water partition coefficient (Wildman–Crippen LogP) is 5.63. The number of carbonyl (C=O) groups excluding carboxylic acids is 1. The fourth-order valence-electron chi connectivity index (χ4n) is 4.80. The molecule has 1 fully saturated rings. The van der Waals surface area contributed by atoms with Crippen LogP contribution in [0.5, 0.6) is 0 Å². The zero-order chi connectivity index (χ0) is 27.9. The second-order valence-electron chi connectivity index (χ2n) is 9.96. The van der Waals surface area contributed by atoms with Crippen molar-refractivity contribution < 1.29 is 13.6 Å². The lowest BCUT2D eigenvalue weighted by Crippen LogP contribution is -2.29. The maximum Gasteiger partial charge on any atom is 0.317 e. The SMILES string of the molecule is CCc1nc(-c2nnc(N[C@H]3N=C(c4ccccc4)c4cccc(F)c4CC3=O)o2)c(-c2cnc(C3CC3)nc2)s1. The molecule has 5 aromatic rings. The highest BCUT2D eigenvalue weighted by Crippen LogP contribution is 2.40. The van der Waals surface area contributed by atoms with Crippen LogP contribution >= 0.6 is 11.3 Å². The zero-order valence-electron chi connectivity index (χ0n) is 22.0. The average molecular weight is 566 g/mol. The Morgan fingerprint density at radius 3 is 2.59 bits per heavy atom. The quantitative estimate of drug-likeness (QED) is 0.270. The normalized spacial score (nSPS) is 16.7. The molecule has 2 aliphatic rings. The third-order valence-electron chi connectivity index (χ3n) is 7.07. The smallest absolute Gasteiger partial charge is 0.317 e. The molecule has 7 rings (SSSR count). The fourth-order valence-corrected chi connectivity index (χ4v) is 5.77. The second-order valence-corrected chi connectivity index (χ2v) is 11.0. The molecule has 1 saturated carbocycles. The zero-order valence-corrected chi connectivity index (χ0v) is 22.9. The van der Waals surface area contributed by atoms with Gasteiger partial charge in [0.05, 0.1) is 15.6 Å². The molecule has 204 valence electrons. The van der Waals surface area contributed by atoms with Crippen molar-refractivity contribution in [2.75, 3.05) is 5.32 Å². The number of thiazole rings is 1. The van der Waals surface area contributed by atoms with Crippen LogP contribution in [-0.4, -0.2) is 42.8 Å². The van der Waals surface area contributed by atoms with Gasteiger partial charge in [-0.2, -0.15) is 0 Å². The number of aromatic nitrogens is 5. The Balaban J connectivity index is 1.21. The minimum atomic E-state index is -1.06. The first-order valence-electron chi connectivity index (χ1n) is 13.4.